The van der Waals surface area contributed by atoms with Crippen LogP contribution >= 0.6 is 0 Å². The predicted molar refractivity (Wildman–Crippen MR) is 83.4 cm³/mol. The smallest absolute Gasteiger partial charge is 0.407 e. The number of unbranched alkanes of at least 4 members (excludes halogenated alkanes) is 9. The third-order valence-corrected chi connectivity index (χ3v) is 3.44. The lowest BCUT2D eigenvalue weighted by molar-refractivity contribution is -0.138. The van der Waals surface area contributed by atoms with Crippen LogP contribution < -0.4 is 5.32 Å². The fraction of sp³-hybridized carbons (Fsp3) is 0.875. The highest BCUT2D eigenvalue weighted by Gasteiger charge is 2.14. The summed E-state index contributed by atoms with van der Waals surface area (Å²) < 4.78 is 4.92. The summed E-state index contributed by atoms with van der Waals surface area (Å²) in [5.41, 5.74) is 0. The van der Waals surface area contributed by atoms with E-state index in [1.807, 2.05) is 0 Å². The number of carboxylic acids is 1. The first-order valence-corrected chi connectivity index (χ1v) is 8.24. The Morgan fingerprint density at radius 3 is 1.90 bits per heavy atom. The molecule has 0 fully saturated rings. The molecule has 0 aromatic rings. The van der Waals surface area contributed by atoms with Crippen LogP contribution in [0, 0.1) is 0 Å². The number of aliphatic carboxylic acids is 1. The molecule has 0 aliphatic carbocycles. The highest BCUT2D eigenvalue weighted by atomic mass is 16.5. The molecule has 0 aliphatic heterocycles. The Bertz CT molecular complexity index is 281. The first-order valence-electron chi connectivity index (χ1n) is 8.24. The van der Waals surface area contributed by atoms with Gasteiger partial charge in [-0.3, -0.25) is 4.79 Å². The maximum Gasteiger partial charge on any atom is 0.407 e. The van der Waals surface area contributed by atoms with Crippen LogP contribution in [0.3, 0.4) is 0 Å². The molecule has 0 aromatic heterocycles. The molecule has 0 aromatic carbocycles. The molecule has 0 spiro atoms. The van der Waals surface area contributed by atoms with Crippen molar-refractivity contribution < 1.29 is 19.4 Å². The average molecular weight is 301 g/mol. The maximum absolute atomic E-state index is 11.2. The second kappa shape index (κ2) is 13.7. The summed E-state index contributed by atoms with van der Waals surface area (Å²) in [7, 11) is 0. The van der Waals surface area contributed by atoms with Crippen LogP contribution in [0.25, 0.3) is 0 Å². The van der Waals surface area contributed by atoms with Gasteiger partial charge in [0.05, 0.1) is 6.61 Å². The van der Waals surface area contributed by atoms with Gasteiger partial charge in [0.2, 0.25) is 0 Å². The van der Waals surface area contributed by atoms with E-state index in [1.54, 1.807) is 0 Å². The minimum Gasteiger partial charge on any atom is -0.480 e. The Hall–Kier alpha value is -1.26. The number of hydrogen-bond donors (Lipinski definition) is 2. The molecule has 5 nitrogen and oxygen atoms in total. The third-order valence-electron chi connectivity index (χ3n) is 3.44. The Kier molecular flexibility index (Phi) is 12.9. The fourth-order valence-corrected chi connectivity index (χ4v) is 2.03. The molecular weight excluding hydrogens is 270 g/mol. The van der Waals surface area contributed by atoms with Gasteiger partial charge in [-0.05, 0) is 13.3 Å². The number of nitrogens with one attached hydrogen (secondary N) is 1. The molecule has 1 atom stereocenters. The average Bonchev–Trinajstić information content (AvgIpc) is 2.44. The lowest BCUT2D eigenvalue weighted by atomic mass is 10.1. The quantitative estimate of drug-likeness (QED) is 0.502. The van der Waals surface area contributed by atoms with Crippen LogP contribution in [0.1, 0.15) is 78.1 Å². The van der Waals surface area contributed by atoms with Crippen LogP contribution in [-0.4, -0.2) is 29.8 Å². The largest absolute Gasteiger partial charge is 0.480 e. The van der Waals surface area contributed by atoms with Crippen LogP contribution in [0.15, 0.2) is 0 Å². The normalized spacial score (nSPS) is 11.9. The predicted octanol–water partition coefficient (Wildman–Crippen LogP) is 4.11. The molecular formula is C16H31NO4. The van der Waals surface area contributed by atoms with Crippen molar-refractivity contribution in [2.75, 3.05) is 6.61 Å². The SMILES string of the molecule is CCCCCCCCCCCCOC(=O)N[C@H](C)C(=O)O. The molecule has 21 heavy (non-hydrogen) atoms. The third kappa shape index (κ3) is 13.5. The number of carbonyl (C=O) groups excluding carboxylic acids is 1. The monoisotopic (exact) mass is 301 g/mol. The number of alkyl carbamates (subject to hydrolysis) is 1. The standard InChI is InChI=1S/C16H31NO4/c1-3-4-5-6-7-8-9-10-11-12-13-21-16(20)17-14(2)15(18)19/h14H,3-13H2,1-2H3,(H,17,20)(H,18,19)/t14-/m1/s1. The molecule has 0 bridgehead atoms. The number of rotatable bonds is 13. The van der Waals surface area contributed by atoms with Crippen LogP contribution in [-0.2, 0) is 9.53 Å². The number of carbonyl (C=O) groups is 2. The minimum atomic E-state index is -1.06. The fourth-order valence-electron chi connectivity index (χ4n) is 2.03. The van der Waals surface area contributed by atoms with E-state index in [9.17, 15) is 9.59 Å². The molecule has 0 rings (SSSR count). The Labute approximate surface area is 128 Å². The van der Waals surface area contributed by atoms with Gasteiger partial charge in [0.15, 0.2) is 0 Å². The number of carboxylic acid groups (broad SMARTS) is 1. The van der Waals surface area contributed by atoms with Gasteiger partial charge in [-0.25, -0.2) is 4.79 Å². The molecule has 0 heterocycles. The molecule has 1 amide bonds. The second-order valence-electron chi connectivity index (χ2n) is 5.52. The summed E-state index contributed by atoms with van der Waals surface area (Å²) >= 11 is 0. The zero-order chi connectivity index (χ0) is 15.9. The second-order valence-corrected chi connectivity index (χ2v) is 5.52. The minimum absolute atomic E-state index is 0.356. The van der Waals surface area contributed by atoms with Gasteiger partial charge in [-0.2, -0.15) is 0 Å². The van der Waals surface area contributed by atoms with Crippen LogP contribution in [0.5, 0.6) is 0 Å². The highest BCUT2D eigenvalue weighted by Crippen LogP contribution is 2.10. The van der Waals surface area contributed by atoms with E-state index in [0.29, 0.717) is 6.61 Å². The summed E-state index contributed by atoms with van der Waals surface area (Å²) in [5.74, 6) is -1.06. The summed E-state index contributed by atoms with van der Waals surface area (Å²) in [5, 5.41) is 10.9. The van der Waals surface area contributed by atoms with Gasteiger partial charge < -0.3 is 15.2 Å². The van der Waals surface area contributed by atoms with Crippen molar-refractivity contribution in [1.29, 1.82) is 0 Å². The van der Waals surface area contributed by atoms with E-state index in [2.05, 4.69) is 12.2 Å². The van der Waals surface area contributed by atoms with Crippen LogP contribution in [0.4, 0.5) is 4.79 Å². The lowest BCUT2D eigenvalue weighted by Crippen LogP contribution is -2.38. The summed E-state index contributed by atoms with van der Waals surface area (Å²) in [4.78, 5) is 21.7. The molecule has 124 valence electrons. The first kappa shape index (κ1) is 19.7. The van der Waals surface area contributed by atoms with Gasteiger partial charge in [-0.15, -0.1) is 0 Å². The zero-order valence-electron chi connectivity index (χ0n) is 13.5. The number of amides is 1. The van der Waals surface area contributed by atoms with Gasteiger partial charge >= 0.3 is 12.1 Å². The summed E-state index contributed by atoms with van der Waals surface area (Å²) in [6, 6.07) is -0.912. The van der Waals surface area contributed by atoms with Gasteiger partial charge in [-0.1, -0.05) is 64.7 Å². The van der Waals surface area contributed by atoms with Crippen molar-refractivity contribution in [3.63, 3.8) is 0 Å². The van der Waals surface area contributed by atoms with Crippen molar-refractivity contribution in [3.05, 3.63) is 0 Å². The lowest BCUT2D eigenvalue weighted by Gasteiger charge is -2.09. The molecule has 0 unspecified atom stereocenters. The van der Waals surface area contributed by atoms with E-state index >= 15 is 0 Å². The van der Waals surface area contributed by atoms with E-state index in [0.717, 1.165) is 12.8 Å². The molecule has 0 aliphatic rings. The van der Waals surface area contributed by atoms with Crippen LogP contribution in [0.2, 0.25) is 0 Å². The Morgan fingerprint density at radius 1 is 0.952 bits per heavy atom. The summed E-state index contributed by atoms with van der Waals surface area (Å²) in [6.45, 7) is 3.99. The maximum atomic E-state index is 11.2. The van der Waals surface area contributed by atoms with E-state index < -0.39 is 18.1 Å². The Morgan fingerprint density at radius 2 is 1.43 bits per heavy atom. The first-order chi connectivity index (χ1) is 10.1. The van der Waals surface area contributed by atoms with E-state index in [4.69, 9.17) is 9.84 Å². The van der Waals surface area contributed by atoms with Crippen molar-refractivity contribution >= 4 is 12.1 Å². The van der Waals surface area contributed by atoms with Crippen molar-refractivity contribution in [1.82, 2.24) is 5.32 Å². The molecule has 2 N–H and O–H groups in total. The van der Waals surface area contributed by atoms with E-state index in [1.165, 1.54) is 58.3 Å². The summed E-state index contributed by atoms with van der Waals surface area (Å²) in [6.07, 6.45) is 11.6. The zero-order valence-corrected chi connectivity index (χ0v) is 13.5. The number of ether oxygens (including phenoxy) is 1. The highest BCUT2D eigenvalue weighted by molar-refractivity contribution is 5.79. The van der Waals surface area contributed by atoms with Gasteiger partial charge in [0, 0.05) is 0 Å². The molecule has 0 saturated heterocycles. The van der Waals surface area contributed by atoms with Crippen molar-refractivity contribution in [2.24, 2.45) is 0 Å². The topological polar surface area (TPSA) is 75.6 Å². The molecule has 0 radical (unpaired) electrons. The Balaban J connectivity index is 3.25. The van der Waals surface area contributed by atoms with Crippen molar-refractivity contribution in [2.45, 2.75) is 84.1 Å². The van der Waals surface area contributed by atoms with E-state index in [-0.39, 0.29) is 0 Å². The molecule has 5 heteroatoms. The van der Waals surface area contributed by atoms with Gasteiger partial charge in [0.25, 0.3) is 0 Å². The van der Waals surface area contributed by atoms with Gasteiger partial charge in [0.1, 0.15) is 6.04 Å². The molecule has 0 saturated carbocycles. The number of hydrogen-bond acceptors (Lipinski definition) is 3. The van der Waals surface area contributed by atoms with Crippen molar-refractivity contribution in [3.8, 4) is 0 Å².